The predicted molar refractivity (Wildman–Crippen MR) is 105 cm³/mol. The highest BCUT2D eigenvalue weighted by molar-refractivity contribution is 7.99. The van der Waals surface area contributed by atoms with Crippen LogP contribution in [0.5, 0.6) is 11.5 Å². The van der Waals surface area contributed by atoms with Crippen molar-refractivity contribution in [3.8, 4) is 11.5 Å². The molecule has 0 bridgehead atoms. The van der Waals surface area contributed by atoms with Crippen molar-refractivity contribution >= 4 is 17.7 Å². The van der Waals surface area contributed by atoms with Crippen LogP contribution in [-0.4, -0.2) is 49.1 Å². The lowest BCUT2D eigenvalue weighted by molar-refractivity contribution is 0.0763. The molecule has 0 spiro atoms. The van der Waals surface area contributed by atoms with Gasteiger partial charge in [0.2, 0.25) is 0 Å². The Morgan fingerprint density at radius 2 is 2.16 bits per heavy atom. The maximum absolute atomic E-state index is 13.1. The van der Waals surface area contributed by atoms with Crippen LogP contribution in [-0.2, 0) is 6.42 Å². The standard InChI is InChI=1S/C20H29NO3S/c1-5-9-15-12-16(13-18(23-3)19(15)24-4)20(22)21-11-8-7-10-17(14-21)25-6-2/h5,12-13,17H,1,6-11,14H2,2-4H3. The van der Waals surface area contributed by atoms with Crippen molar-refractivity contribution in [2.24, 2.45) is 0 Å². The SMILES string of the molecule is C=CCc1cc(C(=O)N2CCCCC(SCC)C2)cc(OC)c1OC. The van der Waals surface area contributed by atoms with Gasteiger partial charge in [0.25, 0.3) is 5.91 Å². The van der Waals surface area contributed by atoms with E-state index < -0.39 is 0 Å². The molecule has 1 unspecified atom stereocenters. The second-order valence-electron chi connectivity index (χ2n) is 6.19. The molecule has 1 atom stereocenters. The number of carbonyl (C=O) groups is 1. The number of benzene rings is 1. The highest BCUT2D eigenvalue weighted by atomic mass is 32.2. The number of nitrogens with zero attached hydrogens (tertiary/aromatic N) is 1. The second kappa shape index (κ2) is 9.76. The van der Waals surface area contributed by atoms with Gasteiger partial charge in [0.1, 0.15) is 0 Å². The first-order valence-electron chi connectivity index (χ1n) is 8.91. The maximum atomic E-state index is 13.1. The van der Waals surface area contributed by atoms with E-state index in [0.717, 1.165) is 30.8 Å². The summed E-state index contributed by atoms with van der Waals surface area (Å²) in [5, 5.41) is 0.532. The van der Waals surface area contributed by atoms with Gasteiger partial charge in [-0.15, -0.1) is 6.58 Å². The normalized spacial score (nSPS) is 17.7. The first-order chi connectivity index (χ1) is 12.1. The summed E-state index contributed by atoms with van der Waals surface area (Å²) < 4.78 is 10.9. The Bertz CT molecular complexity index is 603. The van der Waals surface area contributed by atoms with Crippen molar-refractivity contribution in [3.63, 3.8) is 0 Å². The minimum Gasteiger partial charge on any atom is -0.493 e. The third-order valence-electron chi connectivity index (χ3n) is 4.48. The number of amides is 1. The third kappa shape index (κ3) is 4.94. The summed E-state index contributed by atoms with van der Waals surface area (Å²) in [5.41, 5.74) is 1.59. The van der Waals surface area contributed by atoms with E-state index in [-0.39, 0.29) is 5.91 Å². The van der Waals surface area contributed by atoms with Gasteiger partial charge in [0.15, 0.2) is 11.5 Å². The molecule has 1 saturated heterocycles. The average molecular weight is 364 g/mol. The Morgan fingerprint density at radius 1 is 1.36 bits per heavy atom. The molecule has 4 nitrogen and oxygen atoms in total. The van der Waals surface area contributed by atoms with Gasteiger partial charge >= 0.3 is 0 Å². The van der Waals surface area contributed by atoms with Crippen molar-refractivity contribution in [2.45, 2.75) is 37.9 Å². The van der Waals surface area contributed by atoms with Gasteiger partial charge in [0, 0.05) is 29.5 Å². The minimum atomic E-state index is 0.0786. The molecule has 1 amide bonds. The number of methoxy groups -OCH3 is 2. The molecule has 1 heterocycles. The third-order valence-corrected chi connectivity index (χ3v) is 5.67. The van der Waals surface area contributed by atoms with E-state index in [1.165, 1.54) is 12.8 Å². The van der Waals surface area contributed by atoms with Crippen LogP contribution in [0.2, 0.25) is 0 Å². The fraction of sp³-hybridized carbons (Fsp3) is 0.550. The lowest BCUT2D eigenvalue weighted by Crippen LogP contribution is -2.35. The number of rotatable bonds is 7. The van der Waals surface area contributed by atoms with E-state index in [1.54, 1.807) is 20.3 Å². The minimum absolute atomic E-state index is 0.0786. The number of carbonyl (C=O) groups excluding carboxylic acids is 1. The van der Waals surface area contributed by atoms with Gasteiger partial charge in [-0.05, 0) is 37.1 Å². The van der Waals surface area contributed by atoms with E-state index >= 15 is 0 Å². The van der Waals surface area contributed by atoms with Gasteiger partial charge in [-0.1, -0.05) is 19.4 Å². The molecule has 0 aromatic heterocycles. The van der Waals surface area contributed by atoms with Crippen LogP contribution in [0.3, 0.4) is 0 Å². The molecule has 0 N–H and O–H groups in total. The summed E-state index contributed by atoms with van der Waals surface area (Å²) in [5.74, 6) is 2.44. The Labute approximate surface area is 155 Å². The van der Waals surface area contributed by atoms with E-state index in [2.05, 4.69) is 13.5 Å². The highest BCUT2D eigenvalue weighted by Gasteiger charge is 2.24. The zero-order valence-corrected chi connectivity index (χ0v) is 16.4. The summed E-state index contributed by atoms with van der Waals surface area (Å²) in [7, 11) is 3.22. The largest absolute Gasteiger partial charge is 0.493 e. The number of ether oxygens (including phenoxy) is 2. The van der Waals surface area contributed by atoms with Gasteiger partial charge in [-0.25, -0.2) is 0 Å². The van der Waals surface area contributed by atoms with Gasteiger partial charge in [-0.3, -0.25) is 4.79 Å². The summed E-state index contributed by atoms with van der Waals surface area (Å²) >= 11 is 1.96. The summed E-state index contributed by atoms with van der Waals surface area (Å²) in [6.07, 6.45) is 5.89. The van der Waals surface area contributed by atoms with E-state index in [0.29, 0.717) is 28.7 Å². The highest BCUT2D eigenvalue weighted by Crippen LogP contribution is 2.34. The molecule has 2 rings (SSSR count). The molecule has 1 aromatic rings. The Morgan fingerprint density at radius 3 is 2.80 bits per heavy atom. The lowest BCUT2D eigenvalue weighted by atomic mass is 10.0. The van der Waals surface area contributed by atoms with E-state index in [1.807, 2.05) is 28.8 Å². The zero-order chi connectivity index (χ0) is 18.2. The van der Waals surface area contributed by atoms with Crippen LogP contribution >= 0.6 is 11.8 Å². The first-order valence-corrected chi connectivity index (χ1v) is 9.96. The van der Waals surface area contributed by atoms with E-state index in [4.69, 9.17) is 9.47 Å². The van der Waals surface area contributed by atoms with Crippen molar-refractivity contribution in [1.29, 1.82) is 0 Å². The number of allylic oxidation sites excluding steroid dienone is 1. The van der Waals surface area contributed by atoms with Crippen molar-refractivity contribution in [1.82, 2.24) is 4.90 Å². The molecule has 138 valence electrons. The molecule has 1 fully saturated rings. The number of hydrogen-bond donors (Lipinski definition) is 0. The monoisotopic (exact) mass is 363 g/mol. The average Bonchev–Trinajstić information content (AvgIpc) is 2.86. The van der Waals surface area contributed by atoms with Crippen LogP contribution in [0, 0.1) is 0 Å². The van der Waals surface area contributed by atoms with Crippen LogP contribution in [0.15, 0.2) is 24.8 Å². The molecule has 1 aromatic carbocycles. The van der Waals surface area contributed by atoms with Gasteiger partial charge in [0.05, 0.1) is 14.2 Å². The zero-order valence-electron chi connectivity index (χ0n) is 15.5. The quantitative estimate of drug-likeness (QED) is 0.681. The predicted octanol–water partition coefficient (Wildman–Crippen LogP) is 4.18. The Balaban J connectivity index is 2.30. The fourth-order valence-corrected chi connectivity index (χ4v) is 4.41. The lowest BCUT2D eigenvalue weighted by Gasteiger charge is -2.25. The number of thioether (sulfide) groups is 1. The molecule has 5 heteroatoms. The molecular formula is C20H29NO3S. The number of hydrogen-bond acceptors (Lipinski definition) is 4. The topological polar surface area (TPSA) is 38.8 Å². The van der Waals surface area contributed by atoms with Crippen LogP contribution in [0.1, 0.15) is 42.1 Å². The van der Waals surface area contributed by atoms with Crippen LogP contribution in [0.4, 0.5) is 0 Å². The molecule has 0 aliphatic carbocycles. The smallest absolute Gasteiger partial charge is 0.254 e. The first kappa shape index (κ1) is 19.7. The van der Waals surface area contributed by atoms with Crippen molar-refractivity contribution in [3.05, 3.63) is 35.9 Å². The summed E-state index contributed by atoms with van der Waals surface area (Å²) in [6.45, 7) is 7.62. The summed E-state index contributed by atoms with van der Waals surface area (Å²) in [4.78, 5) is 15.1. The van der Waals surface area contributed by atoms with Gasteiger partial charge < -0.3 is 14.4 Å². The second-order valence-corrected chi connectivity index (χ2v) is 7.77. The maximum Gasteiger partial charge on any atom is 0.254 e. The van der Waals surface area contributed by atoms with Crippen LogP contribution < -0.4 is 9.47 Å². The van der Waals surface area contributed by atoms with Crippen LogP contribution in [0.25, 0.3) is 0 Å². The molecule has 1 aliphatic rings. The molecule has 0 radical (unpaired) electrons. The molecule has 0 saturated carbocycles. The molecular weight excluding hydrogens is 334 g/mol. The Hall–Kier alpha value is -1.62. The van der Waals surface area contributed by atoms with E-state index in [9.17, 15) is 4.79 Å². The van der Waals surface area contributed by atoms with Gasteiger partial charge in [-0.2, -0.15) is 11.8 Å². The summed E-state index contributed by atoms with van der Waals surface area (Å²) in [6, 6.07) is 3.71. The van der Waals surface area contributed by atoms with Crippen molar-refractivity contribution in [2.75, 3.05) is 33.1 Å². The van der Waals surface area contributed by atoms with Crippen molar-refractivity contribution < 1.29 is 14.3 Å². The number of likely N-dealkylation sites (tertiary alicyclic amines) is 1. The Kier molecular flexibility index (Phi) is 7.69. The molecule has 25 heavy (non-hydrogen) atoms. The molecule has 1 aliphatic heterocycles. The fourth-order valence-electron chi connectivity index (χ4n) is 3.32.